The Labute approximate surface area is 151 Å². The van der Waals surface area contributed by atoms with Gasteiger partial charge in [-0.25, -0.2) is 0 Å². The number of benzene rings is 1. The van der Waals surface area contributed by atoms with E-state index in [2.05, 4.69) is 5.32 Å². The van der Waals surface area contributed by atoms with Gasteiger partial charge in [0.25, 0.3) is 11.8 Å². The minimum absolute atomic E-state index is 0.0550. The highest BCUT2D eigenvalue weighted by Gasteiger charge is 2.47. The second-order valence-corrected chi connectivity index (χ2v) is 6.73. The van der Waals surface area contributed by atoms with Crippen LogP contribution in [0.5, 0.6) is 0 Å². The highest BCUT2D eigenvalue weighted by molar-refractivity contribution is 5.98. The van der Waals surface area contributed by atoms with Crippen molar-refractivity contribution in [1.29, 1.82) is 0 Å². The quantitative estimate of drug-likeness (QED) is 0.747. The molecule has 3 fully saturated rings. The van der Waals surface area contributed by atoms with E-state index in [4.69, 9.17) is 14.2 Å². The molecule has 3 aliphatic heterocycles. The van der Waals surface area contributed by atoms with Gasteiger partial charge in [0.2, 0.25) is 0 Å². The summed E-state index contributed by atoms with van der Waals surface area (Å²) < 4.78 is 16.3. The number of hydrogen-bond acceptors (Lipinski definition) is 6. The summed E-state index contributed by atoms with van der Waals surface area (Å²) in [5, 5.41) is 12.6. The highest BCUT2D eigenvalue weighted by Crippen LogP contribution is 2.27. The third kappa shape index (κ3) is 3.33. The number of nitrogens with zero attached hydrogens (tertiary/aromatic N) is 1. The van der Waals surface area contributed by atoms with Gasteiger partial charge in [0.05, 0.1) is 32.5 Å². The van der Waals surface area contributed by atoms with Crippen LogP contribution in [-0.4, -0.2) is 85.7 Å². The monoisotopic (exact) mass is 362 g/mol. The molecule has 0 unspecified atom stereocenters. The van der Waals surface area contributed by atoms with Crippen LogP contribution in [0.2, 0.25) is 0 Å². The summed E-state index contributed by atoms with van der Waals surface area (Å²) in [6.45, 7) is 2.79. The number of hydrogen-bond donors (Lipinski definition) is 2. The van der Waals surface area contributed by atoms with E-state index < -0.39 is 6.10 Å². The first-order chi connectivity index (χ1) is 12.6. The molecule has 0 bridgehead atoms. The van der Waals surface area contributed by atoms with Gasteiger partial charge < -0.3 is 29.5 Å². The molecule has 2 N–H and O–H groups in total. The van der Waals surface area contributed by atoms with E-state index in [0.29, 0.717) is 44.0 Å². The van der Waals surface area contributed by atoms with Gasteiger partial charge in [0.1, 0.15) is 18.3 Å². The van der Waals surface area contributed by atoms with E-state index in [1.54, 1.807) is 29.2 Å². The first kappa shape index (κ1) is 17.4. The Bertz CT molecular complexity index is 673. The van der Waals surface area contributed by atoms with Gasteiger partial charge in [-0.1, -0.05) is 0 Å². The first-order valence-electron chi connectivity index (χ1n) is 8.83. The van der Waals surface area contributed by atoms with E-state index in [9.17, 15) is 14.7 Å². The summed E-state index contributed by atoms with van der Waals surface area (Å²) >= 11 is 0. The molecule has 26 heavy (non-hydrogen) atoms. The smallest absolute Gasteiger partial charge is 0.254 e. The molecule has 0 aliphatic carbocycles. The number of rotatable bonds is 3. The number of fused-ring (bicyclic) bond motifs is 1. The van der Waals surface area contributed by atoms with Crippen molar-refractivity contribution in [1.82, 2.24) is 10.2 Å². The van der Waals surface area contributed by atoms with Crippen LogP contribution >= 0.6 is 0 Å². The molecule has 8 heteroatoms. The fourth-order valence-corrected chi connectivity index (χ4v) is 3.57. The second-order valence-electron chi connectivity index (χ2n) is 6.73. The van der Waals surface area contributed by atoms with Gasteiger partial charge in [-0.3, -0.25) is 9.59 Å². The van der Waals surface area contributed by atoms with Crippen LogP contribution in [-0.2, 0) is 14.2 Å². The molecule has 0 radical (unpaired) electrons. The lowest BCUT2D eigenvalue weighted by Crippen LogP contribution is -2.44. The van der Waals surface area contributed by atoms with Crippen LogP contribution in [0.1, 0.15) is 20.7 Å². The Hall–Kier alpha value is -2.00. The van der Waals surface area contributed by atoms with Gasteiger partial charge in [0.15, 0.2) is 0 Å². The number of aliphatic hydroxyl groups is 1. The molecule has 3 aliphatic rings. The molecule has 3 saturated heterocycles. The fourth-order valence-electron chi connectivity index (χ4n) is 3.57. The lowest BCUT2D eigenvalue weighted by molar-refractivity contribution is 0.0178. The molecule has 3 heterocycles. The summed E-state index contributed by atoms with van der Waals surface area (Å²) in [6.07, 6.45) is -1.35. The zero-order chi connectivity index (χ0) is 18.1. The van der Waals surface area contributed by atoms with Crippen molar-refractivity contribution >= 4 is 11.8 Å². The number of carbonyl (C=O) groups excluding carboxylic acids is 2. The average molecular weight is 362 g/mol. The third-order valence-corrected chi connectivity index (χ3v) is 5.04. The van der Waals surface area contributed by atoms with Crippen LogP contribution in [0, 0.1) is 0 Å². The summed E-state index contributed by atoms with van der Waals surface area (Å²) in [4.78, 5) is 26.6. The number of morpholine rings is 1. The van der Waals surface area contributed by atoms with Crippen LogP contribution in [0.4, 0.5) is 0 Å². The second kappa shape index (κ2) is 7.32. The van der Waals surface area contributed by atoms with Crippen molar-refractivity contribution in [3.63, 3.8) is 0 Å². The van der Waals surface area contributed by atoms with Gasteiger partial charge >= 0.3 is 0 Å². The van der Waals surface area contributed by atoms with Crippen molar-refractivity contribution in [3.8, 4) is 0 Å². The molecule has 1 aromatic rings. The molecule has 2 amide bonds. The zero-order valence-electron chi connectivity index (χ0n) is 14.3. The van der Waals surface area contributed by atoms with Crippen molar-refractivity contribution in [3.05, 3.63) is 35.4 Å². The number of aliphatic hydroxyl groups excluding tert-OH is 1. The van der Waals surface area contributed by atoms with Crippen molar-refractivity contribution < 1.29 is 28.9 Å². The average Bonchev–Trinajstić information content (AvgIpc) is 3.25. The Morgan fingerprint density at radius 3 is 2.38 bits per heavy atom. The number of nitrogens with one attached hydrogen (secondary N) is 1. The van der Waals surface area contributed by atoms with Gasteiger partial charge in [0, 0.05) is 24.2 Å². The van der Waals surface area contributed by atoms with Crippen molar-refractivity contribution in [2.45, 2.75) is 24.4 Å². The minimum atomic E-state index is -0.646. The summed E-state index contributed by atoms with van der Waals surface area (Å²) in [5.74, 6) is -0.310. The highest BCUT2D eigenvalue weighted by atomic mass is 16.6. The number of ether oxygens (including phenoxy) is 3. The van der Waals surface area contributed by atoms with Crippen LogP contribution in [0.15, 0.2) is 24.3 Å². The Morgan fingerprint density at radius 2 is 1.65 bits per heavy atom. The summed E-state index contributed by atoms with van der Waals surface area (Å²) in [6, 6.07) is 6.31. The molecule has 0 aromatic heterocycles. The van der Waals surface area contributed by atoms with Crippen LogP contribution in [0.25, 0.3) is 0 Å². The fraction of sp³-hybridized carbons (Fsp3) is 0.556. The van der Waals surface area contributed by atoms with E-state index in [0.717, 1.165) is 0 Å². The summed E-state index contributed by atoms with van der Waals surface area (Å²) in [5.41, 5.74) is 1.01. The predicted molar refractivity (Wildman–Crippen MR) is 89.9 cm³/mol. The standard InChI is InChI=1S/C18H22N2O6/c21-14-10-26-15-13(9-25-16(14)15)19-17(22)11-1-3-12(4-2-11)18(23)20-5-7-24-8-6-20/h1-4,13-16,21H,5-10H2,(H,19,22)/t13-,14+,15+,16+/m0/s1. The lowest BCUT2D eigenvalue weighted by Gasteiger charge is -2.26. The van der Waals surface area contributed by atoms with Crippen LogP contribution in [0.3, 0.4) is 0 Å². The normalized spacial score (nSPS) is 30.9. The third-order valence-electron chi connectivity index (χ3n) is 5.04. The molecular weight excluding hydrogens is 340 g/mol. The van der Waals surface area contributed by atoms with Crippen LogP contribution < -0.4 is 5.32 Å². The van der Waals surface area contributed by atoms with Crippen molar-refractivity contribution in [2.24, 2.45) is 0 Å². The van der Waals surface area contributed by atoms with Gasteiger partial charge in [-0.05, 0) is 24.3 Å². The molecule has 8 nitrogen and oxygen atoms in total. The SMILES string of the molecule is O=C(N[C@H]1CO[C@H]2[C@@H]1OC[C@H]2O)c1ccc(C(=O)N2CCOCC2)cc1. The topological polar surface area (TPSA) is 97.3 Å². The summed E-state index contributed by atoms with van der Waals surface area (Å²) in [7, 11) is 0. The Morgan fingerprint density at radius 1 is 1.00 bits per heavy atom. The molecule has 4 atom stereocenters. The molecule has 0 saturated carbocycles. The number of carbonyl (C=O) groups is 2. The maximum Gasteiger partial charge on any atom is 0.254 e. The first-order valence-corrected chi connectivity index (χ1v) is 8.83. The van der Waals surface area contributed by atoms with E-state index in [-0.39, 0.29) is 36.7 Å². The van der Waals surface area contributed by atoms with Gasteiger partial charge in [-0.15, -0.1) is 0 Å². The molecule has 1 aromatic carbocycles. The minimum Gasteiger partial charge on any atom is -0.388 e. The molecule has 140 valence electrons. The Kier molecular flexibility index (Phi) is 4.90. The van der Waals surface area contributed by atoms with E-state index in [1.807, 2.05) is 0 Å². The van der Waals surface area contributed by atoms with E-state index >= 15 is 0 Å². The molecular formula is C18H22N2O6. The molecule has 4 rings (SSSR count). The largest absolute Gasteiger partial charge is 0.388 e. The Balaban J connectivity index is 1.37. The maximum absolute atomic E-state index is 12.5. The maximum atomic E-state index is 12.5. The predicted octanol–water partition coefficient (Wildman–Crippen LogP) is -0.584. The van der Waals surface area contributed by atoms with E-state index in [1.165, 1.54) is 0 Å². The number of amides is 2. The van der Waals surface area contributed by atoms with Gasteiger partial charge in [-0.2, -0.15) is 0 Å². The molecule has 0 spiro atoms. The zero-order valence-corrected chi connectivity index (χ0v) is 14.3. The lowest BCUT2D eigenvalue weighted by atomic mass is 10.1. The van der Waals surface area contributed by atoms with Crippen molar-refractivity contribution in [2.75, 3.05) is 39.5 Å².